The number of hydrogen-bond donors (Lipinski definition) is 1. The van der Waals surface area contributed by atoms with Crippen LogP contribution in [-0.2, 0) is 4.79 Å². The lowest BCUT2D eigenvalue weighted by Crippen LogP contribution is -2.29. The number of carboxylic acids is 1. The topological polar surface area (TPSA) is 96.5 Å². The first-order valence-corrected chi connectivity index (χ1v) is 5.05. The van der Waals surface area contributed by atoms with Crippen LogP contribution in [0.5, 0.6) is 0 Å². The van der Waals surface area contributed by atoms with Crippen LogP contribution in [0.15, 0.2) is 12.4 Å². The molecule has 0 aliphatic rings. The third-order valence-corrected chi connectivity index (χ3v) is 2.45. The van der Waals surface area contributed by atoms with Gasteiger partial charge in [0.05, 0.1) is 18.3 Å². The third-order valence-electron chi connectivity index (χ3n) is 2.45. The number of rotatable bonds is 4. The number of tetrazole rings is 1. The smallest absolute Gasteiger partial charge is 0.308 e. The number of anilines is 1. The molecule has 2 aromatic rings. The molecule has 8 heteroatoms. The van der Waals surface area contributed by atoms with E-state index in [0.29, 0.717) is 18.0 Å². The van der Waals surface area contributed by atoms with Crippen molar-refractivity contribution in [3.8, 4) is 0 Å². The first-order chi connectivity index (χ1) is 8.09. The Bertz CT molecular complexity index is 539. The minimum atomic E-state index is -0.839. The predicted molar refractivity (Wildman–Crippen MR) is 58.6 cm³/mol. The van der Waals surface area contributed by atoms with E-state index in [9.17, 15) is 4.79 Å². The van der Waals surface area contributed by atoms with Crippen LogP contribution in [0.4, 0.5) is 5.82 Å². The first-order valence-electron chi connectivity index (χ1n) is 5.05. The van der Waals surface area contributed by atoms with Gasteiger partial charge >= 0.3 is 5.97 Å². The van der Waals surface area contributed by atoms with E-state index < -0.39 is 11.9 Å². The van der Waals surface area contributed by atoms with Crippen molar-refractivity contribution in [3.63, 3.8) is 0 Å². The zero-order chi connectivity index (χ0) is 12.4. The second kappa shape index (κ2) is 4.32. The molecule has 8 nitrogen and oxygen atoms in total. The third kappa shape index (κ3) is 2.14. The summed E-state index contributed by atoms with van der Waals surface area (Å²) in [7, 11) is 1.78. The average molecular weight is 236 g/mol. The van der Waals surface area contributed by atoms with Crippen molar-refractivity contribution in [3.05, 3.63) is 12.4 Å². The van der Waals surface area contributed by atoms with Gasteiger partial charge in [0.1, 0.15) is 0 Å². The zero-order valence-corrected chi connectivity index (χ0v) is 9.48. The highest BCUT2D eigenvalue weighted by Gasteiger charge is 2.16. The van der Waals surface area contributed by atoms with Crippen LogP contribution in [-0.4, -0.2) is 49.7 Å². The van der Waals surface area contributed by atoms with Crippen molar-refractivity contribution in [1.29, 1.82) is 0 Å². The van der Waals surface area contributed by atoms with Gasteiger partial charge in [0, 0.05) is 13.6 Å². The fourth-order valence-electron chi connectivity index (χ4n) is 1.51. The van der Waals surface area contributed by atoms with Crippen LogP contribution in [0.2, 0.25) is 0 Å². The fraction of sp³-hybridized carbons (Fsp3) is 0.444. The molecule has 0 saturated carbocycles. The molecule has 1 N–H and O–H groups in total. The number of aromatic nitrogens is 5. The number of aliphatic carboxylic acids is 1. The first kappa shape index (κ1) is 11.2. The van der Waals surface area contributed by atoms with Gasteiger partial charge in [0.2, 0.25) is 0 Å². The van der Waals surface area contributed by atoms with E-state index in [1.165, 1.54) is 10.7 Å². The SMILES string of the molecule is CC(CN(C)c1cncc2nnnn12)C(=O)O. The van der Waals surface area contributed by atoms with Gasteiger partial charge in [-0.3, -0.25) is 9.78 Å². The van der Waals surface area contributed by atoms with E-state index in [-0.39, 0.29) is 0 Å². The summed E-state index contributed by atoms with van der Waals surface area (Å²) in [5.74, 6) is -0.666. The summed E-state index contributed by atoms with van der Waals surface area (Å²) < 4.78 is 1.52. The average Bonchev–Trinajstić information content (AvgIpc) is 2.76. The molecule has 1 unspecified atom stereocenters. The highest BCUT2D eigenvalue weighted by atomic mass is 16.4. The van der Waals surface area contributed by atoms with Crippen molar-refractivity contribution >= 4 is 17.4 Å². The van der Waals surface area contributed by atoms with Gasteiger partial charge in [-0.15, -0.1) is 5.10 Å². The van der Waals surface area contributed by atoms with E-state index in [4.69, 9.17) is 5.11 Å². The molecule has 2 aromatic heterocycles. The lowest BCUT2D eigenvalue weighted by atomic mass is 10.2. The van der Waals surface area contributed by atoms with E-state index in [1.54, 1.807) is 25.1 Å². The summed E-state index contributed by atoms with van der Waals surface area (Å²) in [4.78, 5) is 16.6. The van der Waals surface area contributed by atoms with Crippen LogP contribution < -0.4 is 4.90 Å². The van der Waals surface area contributed by atoms with Crippen LogP contribution in [0, 0.1) is 5.92 Å². The maximum Gasteiger partial charge on any atom is 0.308 e. The predicted octanol–water partition coefficient (Wildman–Crippen LogP) is -0.324. The summed E-state index contributed by atoms with van der Waals surface area (Å²) in [5.41, 5.74) is 0.525. The molecule has 2 rings (SSSR count). The second-order valence-electron chi connectivity index (χ2n) is 3.83. The molecular formula is C9H12N6O2. The monoisotopic (exact) mass is 236 g/mol. The Balaban J connectivity index is 2.27. The molecule has 0 fully saturated rings. The van der Waals surface area contributed by atoms with Crippen molar-refractivity contribution in [1.82, 2.24) is 25.0 Å². The molecular weight excluding hydrogens is 224 g/mol. The quantitative estimate of drug-likeness (QED) is 0.776. The number of nitrogens with zero attached hydrogens (tertiary/aromatic N) is 6. The summed E-state index contributed by atoms with van der Waals surface area (Å²) in [5, 5.41) is 20.0. The van der Waals surface area contributed by atoms with Crippen molar-refractivity contribution in [2.45, 2.75) is 6.92 Å². The standard InChI is InChI=1S/C9H12N6O2/c1-6(9(16)17)5-14(2)8-4-10-3-7-11-12-13-15(7)8/h3-4,6H,5H2,1-2H3,(H,16,17). The van der Waals surface area contributed by atoms with E-state index in [1.807, 2.05) is 0 Å². The molecule has 0 aliphatic carbocycles. The molecule has 2 heterocycles. The summed E-state index contributed by atoms with van der Waals surface area (Å²) in [6.07, 6.45) is 3.13. The van der Waals surface area contributed by atoms with E-state index in [0.717, 1.165) is 0 Å². The van der Waals surface area contributed by atoms with Crippen LogP contribution in [0.3, 0.4) is 0 Å². The van der Waals surface area contributed by atoms with Gasteiger partial charge in [0.25, 0.3) is 0 Å². The minimum absolute atomic E-state index is 0.357. The van der Waals surface area contributed by atoms with E-state index >= 15 is 0 Å². The number of fused-ring (bicyclic) bond motifs is 1. The fourth-order valence-corrected chi connectivity index (χ4v) is 1.51. The van der Waals surface area contributed by atoms with Gasteiger partial charge in [0.15, 0.2) is 11.5 Å². The van der Waals surface area contributed by atoms with Gasteiger partial charge in [-0.1, -0.05) is 6.92 Å². The normalized spacial score (nSPS) is 12.6. The Kier molecular flexibility index (Phi) is 2.86. The Labute approximate surface area is 96.9 Å². The lowest BCUT2D eigenvalue weighted by Gasteiger charge is -2.20. The second-order valence-corrected chi connectivity index (χ2v) is 3.83. The molecule has 1 atom stereocenters. The molecule has 0 aliphatic heterocycles. The van der Waals surface area contributed by atoms with Gasteiger partial charge in [-0.25, -0.2) is 0 Å². The Morgan fingerprint density at radius 2 is 2.35 bits per heavy atom. The molecule has 0 spiro atoms. The van der Waals surface area contributed by atoms with Crippen molar-refractivity contribution in [2.24, 2.45) is 5.92 Å². The summed E-state index contributed by atoms with van der Waals surface area (Å²) in [6.45, 7) is 2.00. The number of carboxylic acid groups (broad SMARTS) is 1. The summed E-state index contributed by atoms with van der Waals surface area (Å²) in [6, 6.07) is 0. The lowest BCUT2D eigenvalue weighted by molar-refractivity contribution is -0.140. The number of carbonyl (C=O) groups is 1. The maximum absolute atomic E-state index is 10.8. The molecule has 0 aromatic carbocycles. The maximum atomic E-state index is 10.8. The summed E-state index contributed by atoms with van der Waals surface area (Å²) >= 11 is 0. The van der Waals surface area contributed by atoms with Gasteiger partial charge in [-0.2, -0.15) is 4.52 Å². The highest BCUT2D eigenvalue weighted by molar-refractivity contribution is 5.70. The van der Waals surface area contributed by atoms with Crippen LogP contribution >= 0.6 is 0 Å². The van der Waals surface area contributed by atoms with Crippen molar-refractivity contribution in [2.75, 3.05) is 18.5 Å². The molecule has 90 valence electrons. The molecule has 0 amide bonds. The molecule has 0 radical (unpaired) electrons. The van der Waals surface area contributed by atoms with Crippen molar-refractivity contribution < 1.29 is 9.90 Å². The Hall–Kier alpha value is -2.25. The van der Waals surface area contributed by atoms with Gasteiger partial charge < -0.3 is 10.0 Å². The Morgan fingerprint density at radius 3 is 3.06 bits per heavy atom. The van der Waals surface area contributed by atoms with Gasteiger partial charge in [-0.05, 0) is 10.4 Å². The zero-order valence-electron chi connectivity index (χ0n) is 9.48. The molecule has 0 bridgehead atoms. The minimum Gasteiger partial charge on any atom is -0.481 e. The highest BCUT2D eigenvalue weighted by Crippen LogP contribution is 2.12. The molecule has 0 saturated heterocycles. The van der Waals surface area contributed by atoms with Crippen LogP contribution in [0.1, 0.15) is 6.92 Å². The number of hydrogen-bond acceptors (Lipinski definition) is 6. The largest absolute Gasteiger partial charge is 0.481 e. The molecule has 17 heavy (non-hydrogen) atoms. The van der Waals surface area contributed by atoms with Crippen LogP contribution in [0.25, 0.3) is 5.65 Å². The van der Waals surface area contributed by atoms with E-state index in [2.05, 4.69) is 20.5 Å². The Morgan fingerprint density at radius 1 is 1.59 bits per heavy atom.